The Hall–Kier alpha value is -2.21. The van der Waals surface area contributed by atoms with Crippen molar-refractivity contribution in [3.63, 3.8) is 0 Å². The highest BCUT2D eigenvalue weighted by Crippen LogP contribution is 2.32. The van der Waals surface area contributed by atoms with Crippen LogP contribution in [0, 0.1) is 0 Å². The summed E-state index contributed by atoms with van der Waals surface area (Å²) in [6.07, 6.45) is 9.95. The second-order valence-corrected chi connectivity index (χ2v) is 5.56. The van der Waals surface area contributed by atoms with Gasteiger partial charge in [-0.05, 0) is 25.0 Å². The van der Waals surface area contributed by atoms with Gasteiger partial charge in [0.15, 0.2) is 5.82 Å². The topological polar surface area (TPSA) is 69.0 Å². The molecule has 3 rings (SSSR count). The number of pyridine rings is 1. The third-order valence-corrected chi connectivity index (χ3v) is 4.22. The smallest absolute Gasteiger partial charge is 0.257 e. The summed E-state index contributed by atoms with van der Waals surface area (Å²) in [7, 11) is 1.61. The van der Waals surface area contributed by atoms with E-state index in [0.717, 1.165) is 37.8 Å². The second kappa shape index (κ2) is 6.27. The average Bonchev–Trinajstić information content (AvgIpc) is 3.05. The lowest BCUT2D eigenvalue weighted by molar-refractivity contribution is -0.141. The summed E-state index contributed by atoms with van der Waals surface area (Å²) in [5.74, 6) is 0.429. The molecule has 0 radical (unpaired) electrons. The molecular weight excluding hydrogens is 280 g/mol. The van der Waals surface area contributed by atoms with E-state index in [9.17, 15) is 4.79 Å². The van der Waals surface area contributed by atoms with Gasteiger partial charge in [-0.15, -0.1) is 0 Å². The summed E-state index contributed by atoms with van der Waals surface area (Å²) in [6, 6.07) is 5.50. The van der Waals surface area contributed by atoms with E-state index in [1.54, 1.807) is 30.3 Å². The zero-order valence-electron chi connectivity index (χ0n) is 12.7. The molecule has 6 nitrogen and oxygen atoms in total. The molecule has 1 aliphatic rings. The van der Waals surface area contributed by atoms with E-state index < -0.39 is 5.60 Å². The van der Waals surface area contributed by atoms with E-state index in [0.29, 0.717) is 5.82 Å². The van der Waals surface area contributed by atoms with Crippen molar-refractivity contribution in [3.05, 3.63) is 36.8 Å². The number of nitrogens with one attached hydrogen (secondary N) is 1. The number of amides is 1. The molecule has 1 aliphatic carbocycles. The van der Waals surface area contributed by atoms with E-state index in [4.69, 9.17) is 4.74 Å². The van der Waals surface area contributed by atoms with Crippen molar-refractivity contribution in [3.8, 4) is 5.69 Å². The molecule has 1 N–H and O–H groups in total. The third-order valence-electron chi connectivity index (χ3n) is 4.22. The molecule has 116 valence electrons. The zero-order valence-corrected chi connectivity index (χ0v) is 12.7. The molecule has 0 unspecified atom stereocenters. The minimum Gasteiger partial charge on any atom is -0.368 e. The van der Waals surface area contributed by atoms with Crippen LogP contribution in [0.2, 0.25) is 0 Å². The van der Waals surface area contributed by atoms with Gasteiger partial charge in [0.25, 0.3) is 5.91 Å². The fraction of sp³-hybridized carbons (Fsp3) is 0.438. The van der Waals surface area contributed by atoms with Crippen LogP contribution in [0.15, 0.2) is 36.8 Å². The van der Waals surface area contributed by atoms with Crippen molar-refractivity contribution < 1.29 is 9.53 Å². The maximum Gasteiger partial charge on any atom is 0.257 e. The number of nitrogens with zero attached hydrogens (tertiary/aromatic N) is 3. The Bertz CT molecular complexity index is 633. The quantitative estimate of drug-likeness (QED) is 0.942. The highest BCUT2D eigenvalue weighted by Gasteiger charge is 2.39. The molecule has 0 saturated heterocycles. The monoisotopic (exact) mass is 300 g/mol. The summed E-state index contributed by atoms with van der Waals surface area (Å²) in [4.78, 5) is 16.6. The Morgan fingerprint density at radius 2 is 1.95 bits per heavy atom. The maximum atomic E-state index is 12.6. The van der Waals surface area contributed by atoms with Gasteiger partial charge in [0, 0.05) is 31.8 Å². The summed E-state index contributed by atoms with van der Waals surface area (Å²) < 4.78 is 7.26. The summed E-state index contributed by atoms with van der Waals surface area (Å²) in [5.41, 5.74) is 0.188. The Labute approximate surface area is 129 Å². The number of rotatable bonds is 4. The molecule has 0 atom stereocenters. The summed E-state index contributed by atoms with van der Waals surface area (Å²) >= 11 is 0. The fourth-order valence-electron chi connectivity index (χ4n) is 2.91. The van der Waals surface area contributed by atoms with Crippen LogP contribution in [0.5, 0.6) is 0 Å². The first-order valence-corrected chi connectivity index (χ1v) is 7.56. The predicted molar refractivity (Wildman–Crippen MR) is 82.8 cm³/mol. The molecule has 22 heavy (non-hydrogen) atoms. The lowest BCUT2D eigenvalue weighted by Gasteiger charge is -2.34. The van der Waals surface area contributed by atoms with Gasteiger partial charge in [0.05, 0.1) is 5.69 Å². The van der Waals surface area contributed by atoms with Gasteiger partial charge in [-0.3, -0.25) is 9.78 Å². The Morgan fingerprint density at radius 3 is 2.64 bits per heavy atom. The van der Waals surface area contributed by atoms with Crippen molar-refractivity contribution in [1.82, 2.24) is 14.8 Å². The zero-order chi connectivity index (χ0) is 15.4. The first kappa shape index (κ1) is 14.7. The number of hydrogen-bond acceptors (Lipinski definition) is 4. The van der Waals surface area contributed by atoms with E-state index in [1.165, 1.54) is 0 Å². The maximum absolute atomic E-state index is 12.6. The van der Waals surface area contributed by atoms with E-state index in [-0.39, 0.29) is 5.91 Å². The molecule has 0 aliphatic heterocycles. The van der Waals surface area contributed by atoms with Crippen molar-refractivity contribution in [2.45, 2.75) is 37.7 Å². The Morgan fingerprint density at radius 1 is 1.23 bits per heavy atom. The van der Waals surface area contributed by atoms with Crippen molar-refractivity contribution in [1.29, 1.82) is 0 Å². The average molecular weight is 300 g/mol. The number of carbonyl (C=O) groups is 1. The Balaban J connectivity index is 1.73. The number of ether oxygens (including phenoxy) is 1. The van der Waals surface area contributed by atoms with E-state index in [2.05, 4.69) is 15.4 Å². The van der Waals surface area contributed by atoms with Gasteiger partial charge < -0.3 is 10.1 Å². The first-order valence-electron chi connectivity index (χ1n) is 7.56. The Kier molecular flexibility index (Phi) is 4.20. The van der Waals surface area contributed by atoms with Gasteiger partial charge in [-0.25, -0.2) is 4.68 Å². The van der Waals surface area contributed by atoms with Crippen LogP contribution in [0.1, 0.15) is 32.1 Å². The van der Waals surface area contributed by atoms with Crippen LogP contribution >= 0.6 is 0 Å². The first-order chi connectivity index (χ1) is 10.7. The van der Waals surface area contributed by atoms with Crippen molar-refractivity contribution >= 4 is 11.7 Å². The number of anilines is 1. The molecule has 1 amide bonds. The number of aromatic nitrogens is 3. The van der Waals surface area contributed by atoms with Gasteiger partial charge >= 0.3 is 0 Å². The molecule has 0 aromatic carbocycles. The standard InChI is InChI=1S/C16H20N4O2/c1-22-16(8-3-2-4-9-16)15(21)18-14-7-12-20(19-14)13-5-10-17-11-6-13/h5-7,10-12H,2-4,8-9H2,1H3,(H,18,19,21). The number of methoxy groups -OCH3 is 1. The molecular formula is C16H20N4O2. The lowest BCUT2D eigenvalue weighted by Crippen LogP contribution is -2.46. The lowest BCUT2D eigenvalue weighted by atomic mass is 9.84. The minimum absolute atomic E-state index is 0.102. The summed E-state index contributed by atoms with van der Waals surface area (Å²) in [5, 5.41) is 7.26. The van der Waals surface area contributed by atoms with Crippen LogP contribution in [-0.2, 0) is 9.53 Å². The normalized spacial score (nSPS) is 17.1. The molecule has 6 heteroatoms. The van der Waals surface area contributed by atoms with Gasteiger partial charge in [0.1, 0.15) is 5.60 Å². The second-order valence-electron chi connectivity index (χ2n) is 5.56. The van der Waals surface area contributed by atoms with E-state index >= 15 is 0 Å². The SMILES string of the molecule is COC1(C(=O)Nc2ccn(-c3ccncc3)n2)CCCCC1. The van der Waals surface area contributed by atoms with Crippen LogP contribution in [0.4, 0.5) is 5.82 Å². The highest BCUT2D eigenvalue weighted by molar-refractivity contribution is 5.96. The van der Waals surface area contributed by atoms with Gasteiger partial charge in [0.2, 0.25) is 0 Å². The van der Waals surface area contributed by atoms with Crippen LogP contribution in [0.3, 0.4) is 0 Å². The predicted octanol–water partition coefficient (Wildman–Crippen LogP) is 2.56. The van der Waals surface area contributed by atoms with Crippen LogP contribution < -0.4 is 5.32 Å². The van der Waals surface area contributed by atoms with Crippen LogP contribution in [0.25, 0.3) is 5.69 Å². The molecule has 0 spiro atoms. The minimum atomic E-state index is -0.710. The third kappa shape index (κ3) is 2.87. The molecule has 2 heterocycles. The largest absolute Gasteiger partial charge is 0.368 e. The molecule has 1 saturated carbocycles. The molecule has 2 aromatic rings. The molecule has 0 bridgehead atoms. The molecule has 2 aromatic heterocycles. The fourth-order valence-corrected chi connectivity index (χ4v) is 2.91. The number of carbonyl (C=O) groups excluding carboxylic acids is 1. The molecule has 1 fully saturated rings. The van der Waals surface area contributed by atoms with Crippen molar-refractivity contribution in [2.24, 2.45) is 0 Å². The van der Waals surface area contributed by atoms with E-state index in [1.807, 2.05) is 18.3 Å². The summed E-state index contributed by atoms with van der Waals surface area (Å²) in [6.45, 7) is 0. The number of hydrogen-bond donors (Lipinski definition) is 1. The van der Waals surface area contributed by atoms with Crippen LogP contribution in [-0.4, -0.2) is 33.4 Å². The van der Waals surface area contributed by atoms with Crippen molar-refractivity contribution in [2.75, 3.05) is 12.4 Å². The highest BCUT2D eigenvalue weighted by atomic mass is 16.5. The van der Waals surface area contributed by atoms with Gasteiger partial charge in [-0.2, -0.15) is 5.10 Å². The van der Waals surface area contributed by atoms with Gasteiger partial charge in [-0.1, -0.05) is 19.3 Å².